The lowest BCUT2D eigenvalue weighted by molar-refractivity contribution is -0.0732. The third kappa shape index (κ3) is 11.5. The van der Waals surface area contributed by atoms with Gasteiger partial charge in [-0.3, -0.25) is 4.84 Å². The highest BCUT2D eigenvalue weighted by molar-refractivity contribution is 4.76. The van der Waals surface area contributed by atoms with E-state index in [1.54, 1.807) is 0 Å². The van der Waals surface area contributed by atoms with E-state index in [1.807, 2.05) is 0 Å². The molecule has 0 saturated carbocycles. The molecule has 2 heteroatoms. The van der Waals surface area contributed by atoms with E-state index >= 15 is 0 Å². The van der Waals surface area contributed by atoms with Crippen LogP contribution in [-0.2, 0) is 4.84 Å². The van der Waals surface area contributed by atoms with Gasteiger partial charge in [0, 0.05) is 5.90 Å². The maximum absolute atomic E-state index is 9.07. The van der Waals surface area contributed by atoms with Crippen LogP contribution in [0.3, 0.4) is 0 Å². The summed E-state index contributed by atoms with van der Waals surface area (Å²) in [4.78, 5) is 4.74. The van der Waals surface area contributed by atoms with E-state index in [0.29, 0.717) is 0 Å². The summed E-state index contributed by atoms with van der Waals surface area (Å²) in [7, 11) is 0. The SMILES string of the molecule is CCCCCCCCCCCCCCCC(CC)(CC)O[N]. The van der Waals surface area contributed by atoms with Gasteiger partial charge in [-0.1, -0.05) is 104 Å². The van der Waals surface area contributed by atoms with Crippen LogP contribution in [0.25, 0.3) is 0 Å². The van der Waals surface area contributed by atoms with Gasteiger partial charge in [-0.15, -0.1) is 0 Å². The Kier molecular flexibility index (Phi) is 15.7. The Hall–Kier alpha value is -0.0800. The van der Waals surface area contributed by atoms with Crippen molar-refractivity contribution in [3.05, 3.63) is 0 Å². The molecule has 0 aliphatic carbocycles. The van der Waals surface area contributed by atoms with Crippen LogP contribution in [0.4, 0.5) is 0 Å². The van der Waals surface area contributed by atoms with E-state index < -0.39 is 0 Å². The lowest BCUT2D eigenvalue weighted by Crippen LogP contribution is -2.30. The molecule has 0 aliphatic rings. The van der Waals surface area contributed by atoms with Crippen LogP contribution in [0.1, 0.15) is 124 Å². The van der Waals surface area contributed by atoms with Gasteiger partial charge < -0.3 is 0 Å². The summed E-state index contributed by atoms with van der Waals surface area (Å²) in [6, 6.07) is 0. The van der Waals surface area contributed by atoms with E-state index in [2.05, 4.69) is 20.8 Å². The Bertz CT molecular complexity index is 205. The second-order valence-corrected chi connectivity index (χ2v) is 6.97. The molecule has 0 aromatic heterocycles. The second-order valence-electron chi connectivity index (χ2n) is 6.97. The highest BCUT2D eigenvalue weighted by Gasteiger charge is 2.26. The minimum Gasteiger partial charge on any atom is -0.257 e. The van der Waals surface area contributed by atoms with Crippen LogP contribution in [0, 0.1) is 0 Å². The Morgan fingerprint density at radius 2 is 0.955 bits per heavy atom. The summed E-state index contributed by atoms with van der Waals surface area (Å²) in [6.07, 6.45) is 20.7. The van der Waals surface area contributed by atoms with E-state index in [-0.39, 0.29) is 5.60 Å². The summed E-state index contributed by atoms with van der Waals surface area (Å²) in [5.74, 6) is 9.07. The lowest BCUT2D eigenvalue weighted by Gasteiger charge is -2.27. The van der Waals surface area contributed by atoms with Gasteiger partial charge in [-0.05, 0) is 19.3 Å². The molecule has 0 spiro atoms. The van der Waals surface area contributed by atoms with Crippen molar-refractivity contribution in [2.75, 3.05) is 0 Å². The molecule has 0 aliphatic heterocycles. The molecule has 0 amide bonds. The second kappa shape index (κ2) is 15.8. The van der Waals surface area contributed by atoms with E-state index in [1.165, 1.54) is 83.5 Å². The molecule has 0 fully saturated rings. The monoisotopic (exact) mass is 311 g/mol. The van der Waals surface area contributed by atoms with Crippen molar-refractivity contribution in [1.29, 1.82) is 0 Å². The van der Waals surface area contributed by atoms with Crippen LogP contribution in [-0.4, -0.2) is 5.60 Å². The maximum Gasteiger partial charge on any atom is 0.0929 e. The molecule has 0 bridgehead atoms. The number of hydrogen-bond acceptors (Lipinski definition) is 1. The minimum absolute atomic E-state index is 0.280. The molecule has 0 saturated heterocycles. The molecule has 132 valence electrons. The van der Waals surface area contributed by atoms with Crippen LogP contribution in [0.5, 0.6) is 0 Å². The quantitative estimate of drug-likeness (QED) is 0.209. The van der Waals surface area contributed by atoms with Crippen LogP contribution >= 0.6 is 0 Å². The molecule has 0 rings (SSSR count). The van der Waals surface area contributed by atoms with Gasteiger partial charge in [-0.2, -0.15) is 0 Å². The largest absolute Gasteiger partial charge is 0.257 e. The molecule has 2 nitrogen and oxygen atoms in total. The molecule has 0 N–H and O–H groups in total. The molecule has 2 radical (unpaired) electrons. The Morgan fingerprint density at radius 3 is 1.27 bits per heavy atom. The molecule has 0 aromatic rings. The number of nitrogens with zero attached hydrogens (tertiary/aromatic N) is 1. The van der Waals surface area contributed by atoms with Crippen LogP contribution in [0.2, 0.25) is 0 Å². The first-order chi connectivity index (χ1) is 10.7. The average molecular weight is 312 g/mol. The van der Waals surface area contributed by atoms with Gasteiger partial charge in [0.2, 0.25) is 0 Å². The first-order valence-corrected chi connectivity index (χ1v) is 10.1. The molecule has 0 heterocycles. The summed E-state index contributed by atoms with van der Waals surface area (Å²) in [5, 5.41) is 0. The van der Waals surface area contributed by atoms with Crippen LogP contribution < -0.4 is 5.90 Å². The predicted octanol–water partition coefficient (Wildman–Crippen LogP) is 7.03. The first kappa shape index (κ1) is 21.9. The topological polar surface area (TPSA) is 31.5 Å². The van der Waals surface area contributed by atoms with E-state index in [9.17, 15) is 0 Å². The molecule has 0 unspecified atom stereocenters. The molecular weight excluding hydrogens is 270 g/mol. The van der Waals surface area contributed by atoms with E-state index in [0.717, 1.165) is 19.3 Å². The van der Waals surface area contributed by atoms with Gasteiger partial charge in [0.15, 0.2) is 0 Å². The molecular formula is C20H41NO. The van der Waals surface area contributed by atoms with E-state index in [4.69, 9.17) is 10.7 Å². The summed E-state index contributed by atoms with van der Waals surface area (Å²) >= 11 is 0. The van der Waals surface area contributed by atoms with Gasteiger partial charge in [0.1, 0.15) is 0 Å². The summed E-state index contributed by atoms with van der Waals surface area (Å²) < 4.78 is 0. The van der Waals surface area contributed by atoms with Crippen molar-refractivity contribution >= 4 is 0 Å². The predicted molar refractivity (Wildman–Crippen MR) is 96.8 cm³/mol. The Morgan fingerprint density at radius 1 is 0.591 bits per heavy atom. The highest BCUT2D eigenvalue weighted by atomic mass is 16.6. The molecule has 0 atom stereocenters. The minimum atomic E-state index is -0.280. The summed E-state index contributed by atoms with van der Waals surface area (Å²) in [5.41, 5.74) is -0.280. The van der Waals surface area contributed by atoms with Gasteiger partial charge in [-0.25, -0.2) is 0 Å². The maximum atomic E-state index is 9.07. The van der Waals surface area contributed by atoms with Gasteiger partial charge >= 0.3 is 0 Å². The smallest absolute Gasteiger partial charge is 0.0929 e. The van der Waals surface area contributed by atoms with Crippen molar-refractivity contribution < 1.29 is 4.84 Å². The van der Waals surface area contributed by atoms with Crippen molar-refractivity contribution in [3.63, 3.8) is 0 Å². The lowest BCUT2D eigenvalue weighted by atomic mass is 9.90. The normalized spacial score (nSPS) is 12.0. The Labute approximate surface area is 140 Å². The fourth-order valence-corrected chi connectivity index (χ4v) is 3.24. The zero-order valence-corrected chi connectivity index (χ0v) is 15.7. The first-order valence-electron chi connectivity index (χ1n) is 10.1. The zero-order chi connectivity index (χ0) is 16.5. The zero-order valence-electron chi connectivity index (χ0n) is 15.7. The summed E-state index contributed by atoms with van der Waals surface area (Å²) in [6.45, 7) is 6.48. The van der Waals surface area contributed by atoms with Crippen molar-refractivity contribution in [1.82, 2.24) is 5.90 Å². The van der Waals surface area contributed by atoms with Crippen LogP contribution in [0.15, 0.2) is 0 Å². The van der Waals surface area contributed by atoms with Crippen molar-refractivity contribution in [2.24, 2.45) is 0 Å². The molecule has 22 heavy (non-hydrogen) atoms. The van der Waals surface area contributed by atoms with Gasteiger partial charge in [0.25, 0.3) is 0 Å². The van der Waals surface area contributed by atoms with Crippen molar-refractivity contribution in [3.8, 4) is 0 Å². The standard InChI is InChI=1S/C20H41NO/c1-4-7-8-9-10-11-12-13-14-15-16-17-18-19-20(5-2,6-3)22-21/h4-19H2,1-3H3. The Balaban J connectivity index is 3.27. The number of hydrogen-bond donors (Lipinski definition) is 0. The fraction of sp³-hybridized carbons (Fsp3) is 1.00. The average Bonchev–Trinajstić information content (AvgIpc) is 2.56. The van der Waals surface area contributed by atoms with Crippen molar-refractivity contribution in [2.45, 2.75) is 129 Å². The number of rotatable bonds is 17. The van der Waals surface area contributed by atoms with Gasteiger partial charge in [0.05, 0.1) is 5.60 Å². The third-order valence-corrected chi connectivity index (χ3v) is 5.22. The molecule has 0 aromatic carbocycles. The highest BCUT2D eigenvalue weighted by Crippen LogP contribution is 2.26. The third-order valence-electron chi connectivity index (χ3n) is 5.22. The fourth-order valence-electron chi connectivity index (χ4n) is 3.24. The number of unbranched alkanes of at least 4 members (excludes halogenated alkanes) is 12.